The fourth-order valence-electron chi connectivity index (χ4n) is 5.65. The van der Waals surface area contributed by atoms with Crippen LogP contribution in [0.15, 0.2) is 18.5 Å². The van der Waals surface area contributed by atoms with E-state index < -0.39 is 0 Å². The van der Waals surface area contributed by atoms with Gasteiger partial charge in [-0.05, 0) is 59.4 Å². The molecule has 0 spiro atoms. The standard InChI is InChI=1S/C28H37N9O2/c1-6-34(7-2)27(38)21-15-22(32-36(21)9-4)30-25-23-24(33(5)16-29-23)19-14-20(35(8-3)26(19)31-25)28(39)37(17-10-11-17)18-12-13-18/h14-18H,6-13H2,1-5H3,(H,30,31,32). The van der Waals surface area contributed by atoms with Crippen LogP contribution in [0.2, 0.25) is 0 Å². The molecule has 4 heterocycles. The maximum atomic E-state index is 13.8. The average molecular weight is 532 g/mol. The number of hydrogen-bond acceptors (Lipinski definition) is 6. The molecule has 0 aromatic carbocycles. The highest BCUT2D eigenvalue weighted by Gasteiger charge is 2.43. The van der Waals surface area contributed by atoms with Gasteiger partial charge in [-0.25, -0.2) is 9.97 Å². The number of rotatable bonds is 10. The average Bonchev–Trinajstić information content (AvgIpc) is 3.84. The maximum absolute atomic E-state index is 13.8. The summed E-state index contributed by atoms with van der Waals surface area (Å²) < 4.78 is 5.71. The smallest absolute Gasteiger partial charge is 0.272 e. The van der Waals surface area contributed by atoms with Crippen molar-refractivity contribution in [2.75, 3.05) is 18.4 Å². The summed E-state index contributed by atoms with van der Waals surface area (Å²) in [5.41, 5.74) is 3.55. The molecule has 0 radical (unpaired) electrons. The Morgan fingerprint density at radius 1 is 0.974 bits per heavy atom. The number of fused-ring (bicyclic) bond motifs is 3. The van der Waals surface area contributed by atoms with Gasteiger partial charge in [0, 0.05) is 56.8 Å². The predicted octanol–water partition coefficient (Wildman–Crippen LogP) is 4.15. The van der Waals surface area contributed by atoms with Crippen LogP contribution in [0.3, 0.4) is 0 Å². The summed E-state index contributed by atoms with van der Waals surface area (Å²) >= 11 is 0. The number of aryl methyl sites for hydroxylation is 3. The van der Waals surface area contributed by atoms with E-state index in [1.807, 2.05) is 49.9 Å². The van der Waals surface area contributed by atoms with Gasteiger partial charge in [0.25, 0.3) is 11.8 Å². The molecular formula is C28H37N9O2. The summed E-state index contributed by atoms with van der Waals surface area (Å²) in [6.45, 7) is 10.4. The minimum atomic E-state index is -0.0484. The highest BCUT2D eigenvalue weighted by molar-refractivity contribution is 6.10. The highest BCUT2D eigenvalue weighted by Crippen LogP contribution is 2.39. The summed E-state index contributed by atoms with van der Waals surface area (Å²) in [4.78, 5) is 40.5. The van der Waals surface area contributed by atoms with Gasteiger partial charge >= 0.3 is 0 Å². The molecule has 4 aromatic heterocycles. The van der Waals surface area contributed by atoms with Gasteiger partial charge in [-0.2, -0.15) is 5.10 Å². The van der Waals surface area contributed by atoms with Gasteiger partial charge in [0.05, 0.1) is 11.8 Å². The Morgan fingerprint density at radius 3 is 2.26 bits per heavy atom. The fourth-order valence-corrected chi connectivity index (χ4v) is 5.65. The van der Waals surface area contributed by atoms with Gasteiger partial charge < -0.3 is 24.3 Å². The summed E-state index contributed by atoms with van der Waals surface area (Å²) in [6.07, 6.45) is 6.14. The molecular weight excluding hydrogens is 494 g/mol. The highest BCUT2D eigenvalue weighted by atomic mass is 16.2. The van der Waals surface area contributed by atoms with Crippen LogP contribution in [0.25, 0.3) is 22.1 Å². The molecule has 39 heavy (non-hydrogen) atoms. The largest absolute Gasteiger partial charge is 0.338 e. The molecule has 0 saturated heterocycles. The van der Waals surface area contributed by atoms with Crippen LogP contribution in [0, 0.1) is 0 Å². The quantitative estimate of drug-likeness (QED) is 0.330. The molecule has 0 bridgehead atoms. The van der Waals surface area contributed by atoms with E-state index in [1.165, 1.54) is 0 Å². The van der Waals surface area contributed by atoms with Gasteiger partial charge in [-0.15, -0.1) is 0 Å². The Morgan fingerprint density at radius 2 is 1.67 bits per heavy atom. The maximum Gasteiger partial charge on any atom is 0.272 e. The van der Waals surface area contributed by atoms with Crippen LogP contribution in [0.4, 0.5) is 11.6 Å². The normalized spacial score (nSPS) is 15.3. The second kappa shape index (κ2) is 9.69. The van der Waals surface area contributed by atoms with Crippen molar-refractivity contribution >= 4 is 45.5 Å². The van der Waals surface area contributed by atoms with Crippen molar-refractivity contribution in [3.05, 3.63) is 29.8 Å². The lowest BCUT2D eigenvalue weighted by Gasteiger charge is -2.22. The molecule has 4 aromatic rings. The third-order valence-electron chi connectivity index (χ3n) is 7.95. The molecule has 2 fully saturated rings. The van der Waals surface area contributed by atoms with Crippen molar-refractivity contribution in [1.29, 1.82) is 0 Å². The number of nitrogens with one attached hydrogen (secondary N) is 1. The SMILES string of the molecule is CCN(CC)C(=O)c1cc(Nc2nc3c(cc(C(=O)N(C4CC4)C4CC4)n3CC)c3c2ncn3C)nn1CC. The molecule has 1 N–H and O–H groups in total. The third kappa shape index (κ3) is 4.24. The molecule has 0 unspecified atom stereocenters. The van der Waals surface area contributed by atoms with Crippen molar-refractivity contribution < 1.29 is 9.59 Å². The molecule has 6 rings (SSSR count). The lowest BCUT2D eigenvalue weighted by Crippen LogP contribution is -2.36. The first-order chi connectivity index (χ1) is 18.9. The summed E-state index contributed by atoms with van der Waals surface area (Å²) in [6, 6.07) is 4.52. The van der Waals surface area contributed by atoms with Crippen LogP contribution in [0.1, 0.15) is 74.4 Å². The molecule has 11 heteroatoms. The first-order valence-electron chi connectivity index (χ1n) is 14.2. The number of pyridine rings is 1. The summed E-state index contributed by atoms with van der Waals surface area (Å²) in [5.74, 6) is 1.14. The number of anilines is 2. The molecule has 206 valence electrons. The number of amides is 2. The van der Waals surface area contributed by atoms with Crippen LogP contribution >= 0.6 is 0 Å². The lowest BCUT2D eigenvalue weighted by atomic mass is 10.2. The summed E-state index contributed by atoms with van der Waals surface area (Å²) in [5, 5.41) is 8.91. The van der Waals surface area contributed by atoms with E-state index in [0.717, 1.165) is 42.2 Å². The van der Waals surface area contributed by atoms with Crippen molar-refractivity contribution in [2.24, 2.45) is 7.05 Å². The third-order valence-corrected chi connectivity index (χ3v) is 7.95. The van der Waals surface area contributed by atoms with Crippen LogP contribution in [-0.2, 0) is 20.1 Å². The zero-order valence-electron chi connectivity index (χ0n) is 23.4. The Hall–Kier alpha value is -3.89. The number of carbonyl (C=O) groups excluding carboxylic acids is 2. The van der Waals surface area contributed by atoms with Crippen LogP contribution < -0.4 is 5.32 Å². The number of aromatic nitrogens is 6. The zero-order valence-corrected chi connectivity index (χ0v) is 23.4. The Balaban J connectivity index is 1.44. The number of carbonyl (C=O) groups is 2. The first-order valence-corrected chi connectivity index (χ1v) is 14.2. The van der Waals surface area contributed by atoms with E-state index in [4.69, 9.17) is 4.98 Å². The summed E-state index contributed by atoms with van der Waals surface area (Å²) in [7, 11) is 1.96. The van der Waals surface area contributed by atoms with Crippen LogP contribution in [-0.4, -0.2) is 75.7 Å². The fraction of sp³-hybridized carbons (Fsp3) is 0.536. The van der Waals surface area contributed by atoms with Crippen molar-refractivity contribution in [3.63, 3.8) is 0 Å². The van der Waals surface area contributed by atoms with Gasteiger partial charge in [0.2, 0.25) is 0 Å². The predicted molar refractivity (Wildman–Crippen MR) is 150 cm³/mol. The first kappa shape index (κ1) is 25.4. The topological polar surface area (TPSA) is 106 Å². The minimum Gasteiger partial charge on any atom is -0.338 e. The monoisotopic (exact) mass is 531 g/mol. The van der Waals surface area contributed by atoms with Gasteiger partial charge in [-0.3, -0.25) is 14.3 Å². The molecule has 0 aliphatic heterocycles. The molecule has 2 aliphatic carbocycles. The van der Waals surface area contributed by atoms with Crippen molar-refractivity contribution in [2.45, 2.75) is 78.6 Å². The van der Waals surface area contributed by atoms with E-state index >= 15 is 0 Å². The Kier molecular flexibility index (Phi) is 6.31. The number of imidazole rings is 1. The van der Waals surface area contributed by atoms with E-state index in [-0.39, 0.29) is 11.8 Å². The minimum absolute atomic E-state index is 0.0484. The molecule has 11 nitrogen and oxygen atoms in total. The second-order valence-corrected chi connectivity index (χ2v) is 10.5. The molecule has 2 amide bonds. The molecule has 0 atom stereocenters. The molecule has 2 aliphatic rings. The number of nitrogens with zero attached hydrogens (tertiary/aromatic N) is 8. The van der Waals surface area contributed by atoms with Gasteiger partial charge in [0.1, 0.15) is 22.6 Å². The van der Waals surface area contributed by atoms with Crippen molar-refractivity contribution in [3.8, 4) is 0 Å². The van der Waals surface area contributed by atoms with Gasteiger partial charge in [0.15, 0.2) is 11.6 Å². The second-order valence-electron chi connectivity index (χ2n) is 10.5. The van der Waals surface area contributed by atoms with E-state index in [9.17, 15) is 9.59 Å². The van der Waals surface area contributed by atoms with Gasteiger partial charge in [-0.1, -0.05) is 0 Å². The van der Waals surface area contributed by atoms with Crippen LogP contribution in [0.5, 0.6) is 0 Å². The van der Waals surface area contributed by atoms with E-state index in [1.54, 1.807) is 22.0 Å². The van der Waals surface area contributed by atoms with E-state index in [2.05, 4.69) is 20.3 Å². The lowest BCUT2D eigenvalue weighted by molar-refractivity contribution is 0.0718. The van der Waals surface area contributed by atoms with Crippen molar-refractivity contribution in [1.82, 2.24) is 38.7 Å². The Labute approximate surface area is 227 Å². The molecule has 2 saturated carbocycles. The number of hydrogen-bond donors (Lipinski definition) is 1. The van der Waals surface area contributed by atoms with E-state index in [0.29, 0.717) is 66.8 Å². The zero-order chi connectivity index (χ0) is 27.4. The Bertz CT molecular complexity index is 1550.